The van der Waals surface area contributed by atoms with Gasteiger partial charge in [0.05, 0.1) is 18.3 Å². The highest BCUT2D eigenvalue weighted by Crippen LogP contribution is 2.40. The van der Waals surface area contributed by atoms with Crippen LogP contribution in [-0.4, -0.2) is 33.4 Å². The molecule has 1 N–H and O–H groups in total. The van der Waals surface area contributed by atoms with E-state index < -0.39 is 6.04 Å². The van der Waals surface area contributed by atoms with Crippen molar-refractivity contribution in [3.8, 4) is 5.75 Å². The average Bonchev–Trinajstić information content (AvgIpc) is 3.09. The highest BCUT2D eigenvalue weighted by atomic mass is 79.9. The molecule has 0 radical (unpaired) electrons. The maximum absolute atomic E-state index is 13.0. The summed E-state index contributed by atoms with van der Waals surface area (Å²) in [4.78, 5) is 17.2. The third-order valence-corrected chi connectivity index (χ3v) is 4.87. The number of hydrogen-bond donors (Lipinski definition) is 1. The van der Waals surface area contributed by atoms with E-state index in [1.807, 2.05) is 39.0 Å². The first-order chi connectivity index (χ1) is 13.4. The average molecular weight is 449 g/mol. The number of benzene rings is 1. The molecule has 0 spiro atoms. The predicted molar refractivity (Wildman–Crippen MR) is 110 cm³/mol. The molecule has 2 aromatic rings. The van der Waals surface area contributed by atoms with Crippen LogP contribution in [-0.2, 0) is 9.53 Å². The Kier molecular flexibility index (Phi) is 6.39. The van der Waals surface area contributed by atoms with E-state index in [0.29, 0.717) is 29.6 Å². The van der Waals surface area contributed by atoms with Crippen LogP contribution in [0.5, 0.6) is 5.75 Å². The molecule has 0 aliphatic carbocycles. The fourth-order valence-electron chi connectivity index (χ4n) is 3.11. The maximum Gasteiger partial charge on any atom is 0.338 e. The van der Waals surface area contributed by atoms with E-state index in [0.717, 1.165) is 22.9 Å². The van der Waals surface area contributed by atoms with Crippen molar-refractivity contribution in [2.45, 2.75) is 52.7 Å². The molecule has 0 saturated heterocycles. The number of halogens is 1. The van der Waals surface area contributed by atoms with Gasteiger partial charge in [0.25, 0.3) is 0 Å². The molecule has 1 aliphatic rings. The lowest BCUT2D eigenvalue weighted by molar-refractivity contribution is -0.143. The van der Waals surface area contributed by atoms with Crippen LogP contribution in [0.15, 0.2) is 40.3 Å². The van der Waals surface area contributed by atoms with E-state index >= 15 is 0 Å². The molecule has 0 unspecified atom stereocenters. The number of hydrogen-bond acceptors (Lipinski definition) is 6. The number of esters is 1. The van der Waals surface area contributed by atoms with Gasteiger partial charge in [-0.15, -0.1) is 0 Å². The minimum absolute atomic E-state index is 0.228. The van der Waals surface area contributed by atoms with Gasteiger partial charge >= 0.3 is 5.97 Å². The Morgan fingerprint density at radius 1 is 1.39 bits per heavy atom. The number of fused-ring (bicyclic) bond motifs is 1. The first-order valence-corrected chi connectivity index (χ1v) is 10.2. The molecule has 8 heteroatoms. The standard InChI is InChI=1S/C20H25BrN4O3/c1-5-6-9-27-16-8-7-14(21)10-15(16)18-17(19(26)28-12(2)3)13(4)24-20-22-11-23-25(18)20/h7-8,10-12,18H,5-6,9H2,1-4H3,(H,22,23,24)/t18-/m0/s1. The summed E-state index contributed by atoms with van der Waals surface area (Å²) >= 11 is 3.54. The van der Waals surface area contributed by atoms with Crippen LogP contribution in [0.1, 0.15) is 52.1 Å². The Morgan fingerprint density at radius 3 is 2.89 bits per heavy atom. The van der Waals surface area contributed by atoms with Crippen LogP contribution in [0.2, 0.25) is 0 Å². The highest BCUT2D eigenvalue weighted by molar-refractivity contribution is 9.10. The second kappa shape index (κ2) is 8.77. The molecule has 1 aliphatic heterocycles. The molecule has 28 heavy (non-hydrogen) atoms. The van der Waals surface area contributed by atoms with Crippen LogP contribution >= 0.6 is 15.9 Å². The zero-order valence-electron chi connectivity index (χ0n) is 16.5. The van der Waals surface area contributed by atoms with Gasteiger partial charge in [-0.3, -0.25) is 0 Å². The Morgan fingerprint density at radius 2 is 2.18 bits per heavy atom. The Balaban J connectivity index is 2.11. The Labute approximate surface area is 173 Å². The molecule has 150 valence electrons. The topological polar surface area (TPSA) is 78.3 Å². The zero-order chi connectivity index (χ0) is 20.3. The van der Waals surface area contributed by atoms with Gasteiger partial charge in [0, 0.05) is 15.7 Å². The summed E-state index contributed by atoms with van der Waals surface area (Å²) in [7, 11) is 0. The minimum Gasteiger partial charge on any atom is -0.493 e. The summed E-state index contributed by atoms with van der Waals surface area (Å²) in [6.07, 6.45) is 3.23. The van der Waals surface area contributed by atoms with Gasteiger partial charge in [-0.25, -0.2) is 9.48 Å². The summed E-state index contributed by atoms with van der Waals surface area (Å²) in [5.74, 6) is 0.904. The number of allylic oxidation sites excluding steroid dienone is 1. The molecule has 0 fully saturated rings. The lowest BCUT2D eigenvalue weighted by Gasteiger charge is -2.29. The largest absolute Gasteiger partial charge is 0.493 e. The number of ether oxygens (including phenoxy) is 2. The van der Waals surface area contributed by atoms with Gasteiger partial charge in [-0.1, -0.05) is 29.3 Å². The normalized spacial score (nSPS) is 16.0. The van der Waals surface area contributed by atoms with Crippen molar-refractivity contribution < 1.29 is 14.3 Å². The summed E-state index contributed by atoms with van der Waals surface area (Å²) < 4.78 is 14.1. The summed E-state index contributed by atoms with van der Waals surface area (Å²) in [5.41, 5.74) is 2.01. The molecule has 0 saturated carbocycles. The summed E-state index contributed by atoms with van der Waals surface area (Å²) in [5, 5.41) is 7.50. The van der Waals surface area contributed by atoms with Crippen molar-refractivity contribution in [2.24, 2.45) is 0 Å². The highest BCUT2D eigenvalue weighted by Gasteiger charge is 2.36. The van der Waals surface area contributed by atoms with Crippen LogP contribution < -0.4 is 10.1 Å². The SMILES string of the molecule is CCCCOc1ccc(Br)cc1[C@H]1C(C(=O)OC(C)C)=C(C)Nc2ncnn21. The lowest BCUT2D eigenvalue weighted by Crippen LogP contribution is -2.31. The molecule has 1 atom stereocenters. The quantitative estimate of drug-likeness (QED) is 0.497. The molecule has 7 nitrogen and oxygen atoms in total. The molecule has 0 bridgehead atoms. The van der Waals surface area contributed by atoms with Gasteiger partial charge in [-0.05, 0) is 45.4 Å². The van der Waals surface area contributed by atoms with Gasteiger partial charge in [-0.2, -0.15) is 10.1 Å². The number of carbonyl (C=O) groups excluding carboxylic acids is 1. The van der Waals surface area contributed by atoms with E-state index in [2.05, 4.69) is 38.3 Å². The molecular formula is C20H25BrN4O3. The van der Waals surface area contributed by atoms with E-state index in [1.54, 1.807) is 4.68 Å². The van der Waals surface area contributed by atoms with Crippen molar-refractivity contribution in [1.29, 1.82) is 0 Å². The van der Waals surface area contributed by atoms with Crippen molar-refractivity contribution >= 4 is 27.8 Å². The zero-order valence-corrected chi connectivity index (χ0v) is 18.1. The van der Waals surface area contributed by atoms with Crippen LogP contribution in [0, 0.1) is 0 Å². The Bertz CT molecular complexity index is 891. The minimum atomic E-state index is -0.501. The van der Waals surface area contributed by atoms with Crippen molar-refractivity contribution in [1.82, 2.24) is 14.8 Å². The molecule has 1 aromatic carbocycles. The van der Waals surface area contributed by atoms with E-state index in [9.17, 15) is 4.79 Å². The molecule has 0 amide bonds. The van der Waals surface area contributed by atoms with Gasteiger partial charge in [0.2, 0.25) is 5.95 Å². The number of nitrogens with one attached hydrogen (secondary N) is 1. The molecule has 3 rings (SSSR count). The number of aromatic nitrogens is 3. The second-order valence-corrected chi connectivity index (χ2v) is 7.85. The van der Waals surface area contributed by atoms with Crippen LogP contribution in [0.4, 0.5) is 5.95 Å². The van der Waals surface area contributed by atoms with Gasteiger partial charge < -0.3 is 14.8 Å². The summed E-state index contributed by atoms with van der Waals surface area (Å²) in [6, 6.07) is 5.29. The smallest absolute Gasteiger partial charge is 0.338 e. The second-order valence-electron chi connectivity index (χ2n) is 6.93. The van der Waals surface area contributed by atoms with Crippen molar-refractivity contribution in [2.75, 3.05) is 11.9 Å². The first-order valence-electron chi connectivity index (χ1n) is 9.42. The number of unbranched alkanes of at least 4 members (excludes halogenated alkanes) is 1. The Hall–Kier alpha value is -2.35. The first kappa shape index (κ1) is 20.4. The summed E-state index contributed by atoms with van der Waals surface area (Å²) in [6.45, 7) is 8.23. The fraction of sp³-hybridized carbons (Fsp3) is 0.450. The molecule has 2 heterocycles. The van der Waals surface area contributed by atoms with Crippen LogP contribution in [0.3, 0.4) is 0 Å². The third-order valence-electron chi connectivity index (χ3n) is 4.38. The van der Waals surface area contributed by atoms with Gasteiger partial charge in [0.1, 0.15) is 18.1 Å². The third kappa shape index (κ3) is 4.22. The molecular weight excluding hydrogens is 424 g/mol. The van der Waals surface area contributed by atoms with E-state index in [-0.39, 0.29) is 12.1 Å². The number of carbonyl (C=O) groups is 1. The number of anilines is 1. The number of rotatable bonds is 7. The predicted octanol–water partition coefficient (Wildman–Crippen LogP) is 4.46. The van der Waals surface area contributed by atoms with Crippen LogP contribution in [0.25, 0.3) is 0 Å². The number of nitrogens with zero attached hydrogens (tertiary/aromatic N) is 3. The van der Waals surface area contributed by atoms with Gasteiger partial charge in [0.15, 0.2) is 0 Å². The maximum atomic E-state index is 13.0. The fourth-order valence-corrected chi connectivity index (χ4v) is 3.49. The van der Waals surface area contributed by atoms with E-state index in [1.165, 1.54) is 6.33 Å². The van der Waals surface area contributed by atoms with Crippen molar-refractivity contribution in [3.63, 3.8) is 0 Å². The van der Waals surface area contributed by atoms with Crippen molar-refractivity contribution in [3.05, 3.63) is 45.8 Å². The van der Waals surface area contributed by atoms with E-state index in [4.69, 9.17) is 9.47 Å². The lowest BCUT2D eigenvalue weighted by atomic mass is 9.95. The monoisotopic (exact) mass is 448 g/mol. The molecule has 1 aromatic heterocycles.